The number of nitrogens with zero attached hydrogens (tertiary/aromatic N) is 1. The molecule has 0 aliphatic carbocycles. The number of carboxylic acids is 1. The van der Waals surface area contributed by atoms with E-state index >= 15 is 0 Å². The standard InChI is InChI=1S/C10H13N3O5S/c1-4-7(19-10(11)12-4)8(15)13-5(9(16)17)3-6(14)18-2/h5H,3H2,1-2H3,(H2,11,12)(H,13,15)(H,16,17)/t5-/m0/s1. The van der Waals surface area contributed by atoms with E-state index in [0.29, 0.717) is 5.69 Å². The summed E-state index contributed by atoms with van der Waals surface area (Å²) in [6, 6.07) is -1.36. The van der Waals surface area contributed by atoms with Crippen LogP contribution in [0, 0.1) is 6.92 Å². The number of esters is 1. The SMILES string of the molecule is COC(=O)C[C@H](NC(=O)c1sc(N)nc1C)C(=O)O. The lowest BCUT2D eigenvalue weighted by molar-refractivity contribution is -0.147. The molecule has 1 rings (SSSR count). The molecule has 0 radical (unpaired) electrons. The summed E-state index contributed by atoms with van der Waals surface area (Å²) in [5.74, 6) is -2.69. The van der Waals surface area contributed by atoms with E-state index in [4.69, 9.17) is 10.8 Å². The van der Waals surface area contributed by atoms with E-state index in [1.807, 2.05) is 0 Å². The number of rotatable bonds is 5. The Morgan fingerprint density at radius 2 is 2.16 bits per heavy atom. The molecule has 1 heterocycles. The van der Waals surface area contributed by atoms with E-state index in [-0.39, 0.29) is 10.0 Å². The highest BCUT2D eigenvalue weighted by molar-refractivity contribution is 7.17. The average molecular weight is 287 g/mol. The maximum Gasteiger partial charge on any atom is 0.326 e. The number of carbonyl (C=O) groups is 3. The van der Waals surface area contributed by atoms with Gasteiger partial charge in [-0.25, -0.2) is 9.78 Å². The van der Waals surface area contributed by atoms with Crippen LogP contribution >= 0.6 is 11.3 Å². The minimum atomic E-state index is -1.36. The van der Waals surface area contributed by atoms with Crippen LogP contribution in [0.25, 0.3) is 0 Å². The van der Waals surface area contributed by atoms with Gasteiger partial charge in [-0.3, -0.25) is 9.59 Å². The number of carbonyl (C=O) groups excluding carboxylic acids is 2. The van der Waals surface area contributed by atoms with Gasteiger partial charge in [-0.15, -0.1) is 0 Å². The number of anilines is 1. The zero-order chi connectivity index (χ0) is 14.6. The summed E-state index contributed by atoms with van der Waals surface area (Å²) in [5.41, 5.74) is 5.85. The van der Waals surface area contributed by atoms with Crippen molar-refractivity contribution in [2.24, 2.45) is 0 Å². The van der Waals surface area contributed by atoms with E-state index in [0.717, 1.165) is 18.4 Å². The molecule has 1 atom stereocenters. The minimum Gasteiger partial charge on any atom is -0.480 e. The van der Waals surface area contributed by atoms with Crippen molar-refractivity contribution in [1.82, 2.24) is 10.3 Å². The maximum atomic E-state index is 11.9. The second kappa shape index (κ2) is 6.14. The number of hydrogen-bond acceptors (Lipinski definition) is 7. The molecule has 0 unspecified atom stereocenters. The van der Waals surface area contributed by atoms with Crippen molar-refractivity contribution in [3.05, 3.63) is 10.6 Å². The molecular weight excluding hydrogens is 274 g/mol. The molecule has 104 valence electrons. The first-order valence-electron chi connectivity index (χ1n) is 5.18. The van der Waals surface area contributed by atoms with Crippen molar-refractivity contribution in [2.75, 3.05) is 12.8 Å². The number of aliphatic carboxylic acids is 1. The summed E-state index contributed by atoms with van der Waals surface area (Å²) in [5, 5.41) is 11.4. The van der Waals surface area contributed by atoms with Gasteiger partial charge in [-0.2, -0.15) is 0 Å². The number of nitrogens with two attached hydrogens (primary N) is 1. The lowest BCUT2D eigenvalue weighted by atomic mass is 10.2. The highest BCUT2D eigenvalue weighted by Crippen LogP contribution is 2.19. The van der Waals surface area contributed by atoms with Crippen LogP contribution in [0.2, 0.25) is 0 Å². The van der Waals surface area contributed by atoms with Gasteiger partial charge in [0.2, 0.25) is 0 Å². The van der Waals surface area contributed by atoms with Crippen LogP contribution in [0.1, 0.15) is 21.8 Å². The number of nitrogens with one attached hydrogen (secondary N) is 1. The van der Waals surface area contributed by atoms with Gasteiger partial charge >= 0.3 is 11.9 Å². The Bertz CT molecular complexity index is 513. The zero-order valence-electron chi connectivity index (χ0n) is 10.3. The fraction of sp³-hybridized carbons (Fsp3) is 0.400. The van der Waals surface area contributed by atoms with Crippen molar-refractivity contribution in [1.29, 1.82) is 0 Å². The van der Waals surface area contributed by atoms with Crippen LogP contribution in [0.3, 0.4) is 0 Å². The predicted octanol–water partition coefficient (Wildman–Crippen LogP) is -0.220. The Morgan fingerprint density at radius 1 is 1.53 bits per heavy atom. The molecule has 1 amide bonds. The molecule has 9 heteroatoms. The van der Waals surface area contributed by atoms with Crippen molar-refractivity contribution < 1.29 is 24.2 Å². The molecule has 0 aromatic carbocycles. The Labute approximate surface area is 112 Å². The smallest absolute Gasteiger partial charge is 0.326 e. The number of hydrogen-bond donors (Lipinski definition) is 3. The van der Waals surface area contributed by atoms with E-state index in [1.54, 1.807) is 6.92 Å². The number of ether oxygens (including phenoxy) is 1. The second-order valence-corrected chi connectivity index (χ2v) is 4.64. The van der Waals surface area contributed by atoms with Crippen molar-refractivity contribution >= 4 is 34.3 Å². The first kappa shape index (κ1) is 14.9. The van der Waals surface area contributed by atoms with E-state index < -0.39 is 30.3 Å². The highest BCUT2D eigenvalue weighted by atomic mass is 32.1. The molecule has 0 bridgehead atoms. The fourth-order valence-corrected chi connectivity index (χ4v) is 2.04. The molecule has 0 aliphatic heterocycles. The molecule has 0 aliphatic rings. The van der Waals surface area contributed by atoms with Gasteiger partial charge in [0.15, 0.2) is 5.13 Å². The molecule has 19 heavy (non-hydrogen) atoms. The number of aromatic nitrogens is 1. The number of nitrogen functional groups attached to an aromatic ring is 1. The van der Waals surface area contributed by atoms with Gasteiger partial charge < -0.3 is 20.9 Å². The molecular formula is C10H13N3O5S. The summed E-state index contributed by atoms with van der Waals surface area (Å²) >= 11 is 0.946. The predicted molar refractivity (Wildman–Crippen MR) is 66.8 cm³/mol. The van der Waals surface area contributed by atoms with Crippen LogP contribution in [-0.4, -0.2) is 41.1 Å². The Kier molecular flexibility index (Phi) is 4.81. The molecule has 0 saturated carbocycles. The van der Waals surface area contributed by atoms with Gasteiger partial charge in [-0.05, 0) is 6.92 Å². The molecule has 0 fully saturated rings. The summed E-state index contributed by atoms with van der Waals surface area (Å²) in [6.45, 7) is 1.58. The lowest BCUT2D eigenvalue weighted by Gasteiger charge is -2.12. The Balaban J connectivity index is 2.79. The molecule has 0 saturated heterocycles. The maximum absolute atomic E-state index is 11.9. The number of aryl methyl sites for hydroxylation is 1. The number of methoxy groups -OCH3 is 1. The molecule has 1 aromatic rings. The summed E-state index contributed by atoms with van der Waals surface area (Å²) < 4.78 is 4.36. The molecule has 4 N–H and O–H groups in total. The minimum absolute atomic E-state index is 0.211. The van der Waals surface area contributed by atoms with Crippen LogP contribution in [0.15, 0.2) is 0 Å². The highest BCUT2D eigenvalue weighted by Gasteiger charge is 2.25. The van der Waals surface area contributed by atoms with Gasteiger partial charge in [0, 0.05) is 0 Å². The van der Waals surface area contributed by atoms with Crippen molar-refractivity contribution in [3.8, 4) is 0 Å². The summed E-state index contributed by atoms with van der Waals surface area (Å²) in [4.78, 5) is 37.9. The van der Waals surface area contributed by atoms with Crippen LogP contribution in [-0.2, 0) is 14.3 Å². The first-order chi connectivity index (χ1) is 8.85. The third kappa shape index (κ3) is 3.91. The lowest BCUT2D eigenvalue weighted by Crippen LogP contribution is -2.42. The Morgan fingerprint density at radius 3 is 2.58 bits per heavy atom. The monoisotopic (exact) mass is 287 g/mol. The summed E-state index contributed by atoms with van der Waals surface area (Å²) in [7, 11) is 1.14. The van der Waals surface area contributed by atoms with Crippen molar-refractivity contribution in [2.45, 2.75) is 19.4 Å². The topological polar surface area (TPSA) is 132 Å². The molecule has 1 aromatic heterocycles. The molecule has 8 nitrogen and oxygen atoms in total. The fourth-order valence-electron chi connectivity index (χ4n) is 1.30. The zero-order valence-corrected chi connectivity index (χ0v) is 11.1. The average Bonchev–Trinajstić information content (AvgIpc) is 2.67. The van der Waals surface area contributed by atoms with Gasteiger partial charge in [0.05, 0.1) is 19.2 Å². The van der Waals surface area contributed by atoms with Gasteiger partial charge in [0.25, 0.3) is 5.91 Å². The third-order valence-corrected chi connectivity index (χ3v) is 3.21. The van der Waals surface area contributed by atoms with Crippen LogP contribution in [0.5, 0.6) is 0 Å². The van der Waals surface area contributed by atoms with E-state index in [2.05, 4.69) is 15.0 Å². The number of amides is 1. The van der Waals surface area contributed by atoms with Crippen LogP contribution in [0.4, 0.5) is 5.13 Å². The third-order valence-electron chi connectivity index (χ3n) is 2.22. The number of thiazole rings is 1. The Hall–Kier alpha value is -2.16. The number of carboxylic acid groups (broad SMARTS) is 1. The summed E-state index contributed by atoms with van der Waals surface area (Å²) in [6.07, 6.45) is -0.453. The normalized spacial score (nSPS) is 11.7. The molecule has 0 spiro atoms. The largest absolute Gasteiger partial charge is 0.480 e. The van der Waals surface area contributed by atoms with Crippen LogP contribution < -0.4 is 11.1 Å². The van der Waals surface area contributed by atoms with Gasteiger partial charge in [-0.1, -0.05) is 11.3 Å². The second-order valence-electron chi connectivity index (χ2n) is 3.61. The van der Waals surface area contributed by atoms with E-state index in [1.165, 1.54) is 0 Å². The van der Waals surface area contributed by atoms with E-state index in [9.17, 15) is 14.4 Å². The quantitative estimate of drug-likeness (QED) is 0.638. The van der Waals surface area contributed by atoms with Crippen molar-refractivity contribution in [3.63, 3.8) is 0 Å². The first-order valence-corrected chi connectivity index (χ1v) is 6.00. The van der Waals surface area contributed by atoms with Gasteiger partial charge in [0.1, 0.15) is 10.9 Å².